The molecule has 0 aliphatic carbocycles. The number of halogens is 2. The fraction of sp³-hybridized carbons (Fsp3) is 0.519. The van der Waals surface area contributed by atoms with Crippen molar-refractivity contribution in [1.29, 1.82) is 5.26 Å². The van der Waals surface area contributed by atoms with Gasteiger partial charge in [0.2, 0.25) is 5.91 Å². The first-order valence-electron chi connectivity index (χ1n) is 23.9. The first-order valence-corrected chi connectivity index (χ1v) is 27.9. The van der Waals surface area contributed by atoms with E-state index in [1.165, 1.54) is 6.07 Å². The van der Waals surface area contributed by atoms with Crippen molar-refractivity contribution in [2.75, 3.05) is 20.3 Å². The van der Waals surface area contributed by atoms with Gasteiger partial charge in [0.25, 0.3) is 8.53 Å². The highest BCUT2D eigenvalue weighted by Crippen LogP contribution is 2.53. The summed E-state index contributed by atoms with van der Waals surface area (Å²) in [6, 6.07) is 32.2. The monoisotopic (exact) mass is 974 g/mol. The highest BCUT2D eigenvalue weighted by atomic mass is 31.2. The van der Waals surface area contributed by atoms with Crippen molar-refractivity contribution >= 4 is 22.8 Å². The molecule has 4 aromatic rings. The summed E-state index contributed by atoms with van der Waals surface area (Å²) in [6.07, 6.45) is -2.51. The topological polar surface area (TPSA) is 112 Å². The number of unbranched alkanes of at least 4 members (excludes halogenated alkanes) is 1. The van der Waals surface area contributed by atoms with Gasteiger partial charge in [-0.1, -0.05) is 114 Å². The number of ether oxygens (including phenoxy) is 3. The minimum atomic E-state index is -2.75. The molecule has 1 heterocycles. The molecule has 0 saturated carbocycles. The molecule has 0 radical (unpaired) electrons. The molecule has 1 saturated heterocycles. The second kappa shape index (κ2) is 23.7. The summed E-state index contributed by atoms with van der Waals surface area (Å²) in [6.45, 7) is 24.5. The Morgan fingerprint density at radius 2 is 1.44 bits per heavy atom. The van der Waals surface area contributed by atoms with Gasteiger partial charge in [0, 0.05) is 47.7 Å². The third-order valence-electron chi connectivity index (χ3n) is 13.4. The molecule has 1 aliphatic rings. The number of nitrogens with one attached hydrogen (secondary N) is 1. The van der Waals surface area contributed by atoms with Gasteiger partial charge < -0.3 is 33.0 Å². The Kier molecular flexibility index (Phi) is 19.1. The van der Waals surface area contributed by atoms with Crippen LogP contribution in [0.15, 0.2) is 97.1 Å². The van der Waals surface area contributed by atoms with Crippen LogP contribution in [0.1, 0.15) is 122 Å². The second-order valence-corrected chi connectivity index (χ2v) is 26.4. The Balaban J connectivity index is 1.74. The number of hydrogen-bond acceptors (Lipinski definition) is 9. The maximum Gasteiger partial charge on any atom is 0.259 e. The second-order valence-electron chi connectivity index (χ2n) is 20.2. The zero-order chi connectivity index (χ0) is 50.0. The Morgan fingerprint density at radius 1 is 0.868 bits per heavy atom. The van der Waals surface area contributed by atoms with Gasteiger partial charge in [-0.05, 0) is 93.6 Å². The summed E-state index contributed by atoms with van der Waals surface area (Å²) >= 11 is 0. The van der Waals surface area contributed by atoms with Gasteiger partial charge >= 0.3 is 0 Å². The summed E-state index contributed by atoms with van der Waals surface area (Å²) in [4.78, 5) is 13.2. The number of hydrogen-bond donors (Lipinski definition) is 1. The number of carbonyl (C=O) groups excluding carboxylic acids is 1. The fourth-order valence-electron chi connectivity index (χ4n) is 8.08. The predicted octanol–water partition coefficient (Wildman–Crippen LogP) is 12.9. The lowest BCUT2D eigenvalue weighted by Gasteiger charge is -2.42. The molecular formula is C54H74F2N3O7PSi. The minimum Gasteiger partial charge on any atom is -0.497 e. The normalized spacial score (nSPS) is 18.5. The zero-order valence-corrected chi connectivity index (χ0v) is 44.3. The third kappa shape index (κ3) is 12.8. The SMILES string of the molecule is CCC(C)(C)C(=O)NCc1cc([C@@H]2O[C@H](COC(c3ccccc3)(c3ccccc3)c3ccc(OC)cc3)C(OP(OCCCC#N)N(C(C)C)C(C)C)[C@@H]2O[Si](C)(C)C(C)(C)C)c(F)cc1F. The number of amides is 1. The molecule has 5 atom stereocenters. The van der Waals surface area contributed by atoms with Gasteiger partial charge in [-0.2, -0.15) is 5.26 Å². The molecule has 1 aliphatic heterocycles. The van der Waals surface area contributed by atoms with E-state index in [9.17, 15) is 10.1 Å². The van der Waals surface area contributed by atoms with Crippen molar-refractivity contribution < 1.29 is 41.3 Å². The average Bonchev–Trinajstić information content (AvgIpc) is 3.62. The van der Waals surface area contributed by atoms with E-state index in [-0.39, 0.29) is 53.9 Å². The lowest BCUT2D eigenvalue weighted by Crippen LogP contribution is -2.49. The number of rotatable bonds is 23. The van der Waals surface area contributed by atoms with E-state index in [2.05, 4.69) is 77.6 Å². The number of carbonyl (C=O) groups is 1. The molecule has 370 valence electrons. The smallest absolute Gasteiger partial charge is 0.259 e. The number of benzene rings is 4. The third-order valence-corrected chi connectivity index (χ3v) is 20.0. The summed E-state index contributed by atoms with van der Waals surface area (Å²) < 4.78 is 76.4. The van der Waals surface area contributed by atoms with E-state index < -0.39 is 63.9 Å². The van der Waals surface area contributed by atoms with Crippen molar-refractivity contribution in [2.45, 2.75) is 155 Å². The molecule has 0 bridgehead atoms. The van der Waals surface area contributed by atoms with Crippen LogP contribution in [0.4, 0.5) is 8.78 Å². The van der Waals surface area contributed by atoms with Crippen molar-refractivity contribution in [3.05, 3.63) is 137 Å². The molecule has 4 aromatic carbocycles. The molecule has 1 fully saturated rings. The van der Waals surface area contributed by atoms with Crippen molar-refractivity contribution in [2.24, 2.45) is 5.41 Å². The van der Waals surface area contributed by atoms with E-state index in [1.807, 2.05) is 106 Å². The molecule has 2 unspecified atom stereocenters. The van der Waals surface area contributed by atoms with Crippen LogP contribution in [0.3, 0.4) is 0 Å². The molecule has 5 rings (SSSR count). The van der Waals surface area contributed by atoms with E-state index in [0.717, 1.165) is 22.8 Å². The lowest BCUT2D eigenvalue weighted by molar-refractivity contribution is -0.129. The number of nitrogens with zero attached hydrogens (tertiary/aromatic N) is 2. The van der Waals surface area contributed by atoms with Crippen LogP contribution >= 0.6 is 8.53 Å². The highest BCUT2D eigenvalue weighted by molar-refractivity contribution is 7.44. The van der Waals surface area contributed by atoms with Gasteiger partial charge in [-0.25, -0.2) is 13.5 Å². The van der Waals surface area contributed by atoms with Crippen molar-refractivity contribution in [3.63, 3.8) is 0 Å². The van der Waals surface area contributed by atoms with Gasteiger partial charge in [-0.3, -0.25) is 4.79 Å². The standard InChI is InChI=1S/C54H74F2N3O7PSi/c1-14-53(9,10)51(60)58-35-39-33-44(46(56)34-45(39)55)48-50(66-68(12,13)52(6,7)8)49(65-67(63-32-22-21-31-57)59(37(2)3)38(4)5)47(64-48)36-62-54(40-23-17-15-18-24-40,41-25-19-16-20-26-41)42-27-29-43(61-11)30-28-42/h15-20,23-30,33-34,37-38,47-50H,14,21-22,32,35-36H2,1-13H3,(H,58,60)/t47-,48+,49?,50-,67?/m1/s1. The predicted molar refractivity (Wildman–Crippen MR) is 268 cm³/mol. The molecule has 1 N–H and O–H groups in total. The van der Waals surface area contributed by atoms with Gasteiger partial charge in [0.15, 0.2) is 8.32 Å². The summed E-state index contributed by atoms with van der Waals surface area (Å²) in [5.41, 5.74) is 0.824. The van der Waals surface area contributed by atoms with E-state index >= 15 is 8.78 Å². The molecular weight excluding hydrogens is 900 g/mol. The molecule has 0 spiro atoms. The van der Waals surface area contributed by atoms with E-state index in [0.29, 0.717) is 25.0 Å². The Labute approximate surface area is 407 Å². The molecule has 10 nitrogen and oxygen atoms in total. The minimum absolute atomic E-state index is 0.0199. The molecule has 0 aromatic heterocycles. The lowest BCUT2D eigenvalue weighted by atomic mass is 9.80. The number of methoxy groups -OCH3 is 1. The van der Waals surface area contributed by atoms with Crippen LogP contribution < -0.4 is 10.1 Å². The molecule has 68 heavy (non-hydrogen) atoms. The average molecular weight is 974 g/mol. The van der Waals surface area contributed by atoms with Crippen LogP contribution in [-0.4, -0.2) is 69.6 Å². The number of nitriles is 1. The quantitative estimate of drug-likeness (QED) is 0.0336. The largest absolute Gasteiger partial charge is 0.497 e. The molecule has 1 amide bonds. The first-order chi connectivity index (χ1) is 32.1. The molecule has 14 heteroatoms. The van der Waals surface area contributed by atoms with Gasteiger partial charge in [0.1, 0.15) is 47.4 Å². The van der Waals surface area contributed by atoms with Crippen LogP contribution in [0.2, 0.25) is 18.1 Å². The summed E-state index contributed by atoms with van der Waals surface area (Å²) in [7, 11) is -2.97. The van der Waals surface area contributed by atoms with Gasteiger partial charge in [-0.15, -0.1) is 0 Å². The fourth-order valence-corrected chi connectivity index (χ4v) is 11.2. The maximum absolute atomic E-state index is 16.8. The Bertz CT molecular complexity index is 2230. The van der Waals surface area contributed by atoms with Crippen LogP contribution in [0.25, 0.3) is 0 Å². The van der Waals surface area contributed by atoms with Gasteiger partial charge in [0.05, 0.1) is 26.4 Å². The Hall–Kier alpha value is -4.09. The van der Waals surface area contributed by atoms with Crippen molar-refractivity contribution in [3.8, 4) is 11.8 Å². The summed E-state index contributed by atoms with van der Waals surface area (Å²) in [5.74, 6) is -1.17. The highest BCUT2D eigenvalue weighted by Gasteiger charge is 2.54. The maximum atomic E-state index is 16.8. The van der Waals surface area contributed by atoms with E-state index in [4.69, 9.17) is 27.7 Å². The summed E-state index contributed by atoms with van der Waals surface area (Å²) in [5, 5.41) is 12.0. The van der Waals surface area contributed by atoms with Crippen LogP contribution in [-0.2, 0) is 39.9 Å². The van der Waals surface area contributed by atoms with Crippen LogP contribution in [0, 0.1) is 28.4 Å². The van der Waals surface area contributed by atoms with Crippen LogP contribution in [0.5, 0.6) is 5.75 Å². The van der Waals surface area contributed by atoms with Crippen molar-refractivity contribution in [1.82, 2.24) is 9.99 Å². The zero-order valence-electron chi connectivity index (χ0n) is 42.4. The van der Waals surface area contributed by atoms with E-state index in [1.54, 1.807) is 7.11 Å². The first kappa shape index (κ1) is 54.8. The Morgan fingerprint density at radius 3 is 1.96 bits per heavy atom.